The average Bonchev–Trinajstić information content (AvgIpc) is 3.39. The minimum absolute atomic E-state index is 0.218. The van der Waals surface area contributed by atoms with Crippen LogP contribution in [0.1, 0.15) is 21.5 Å². The Morgan fingerprint density at radius 1 is 0.970 bits per heavy atom. The summed E-state index contributed by atoms with van der Waals surface area (Å²) in [4.78, 5) is 27.8. The minimum atomic E-state index is -1.23. The molecule has 0 saturated heterocycles. The lowest BCUT2D eigenvalue weighted by Crippen LogP contribution is -2.27. The van der Waals surface area contributed by atoms with E-state index < -0.39 is 11.9 Å². The van der Waals surface area contributed by atoms with Crippen LogP contribution in [0.15, 0.2) is 97.2 Å². The fourth-order valence-corrected chi connectivity index (χ4v) is 3.02. The number of nitrogens with zero attached hydrogens (tertiary/aromatic N) is 3. The van der Waals surface area contributed by atoms with Crippen molar-refractivity contribution in [2.45, 2.75) is 6.61 Å². The maximum absolute atomic E-state index is 12.3. The highest BCUT2D eigenvalue weighted by Gasteiger charge is 2.13. The van der Waals surface area contributed by atoms with Crippen LogP contribution in [0.25, 0.3) is 11.8 Å². The van der Waals surface area contributed by atoms with Gasteiger partial charge in [0, 0.05) is 5.56 Å². The van der Waals surface area contributed by atoms with E-state index in [1.807, 2.05) is 24.3 Å². The number of ether oxygens (including phenoxy) is 1. The second-order valence-electron chi connectivity index (χ2n) is 7.05. The number of benzene rings is 3. The summed E-state index contributed by atoms with van der Waals surface area (Å²) >= 11 is 0. The van der Waals surface area contributed by atoms with Crippen molar-refractivity contribution in [2.75, 3.05) is 0 Å². The summed E-state index contributed by atoms with van der Waals surface area (Å²) in [6.07, 6.45) is 4.51. The van der Waals surface area contributed by atoms with E-state index in [4.69, 9.17) is 4.74 Å². The number of aliphatic carboxylic acids is 1. The zero-order chi connectivity index (χ0) is 23.0. The Morgan fingerprint density at radius 2 is 1.70 bits per heavy atom. The number of aromatic nitrogens is 3. The lowest BCUT2D eigenvalue weighted by Gasteiger charge is -2.09. The second kappa shape index (κ2) is 10.1. The van der Waals surface area contributed by atoms with Crippen LogP contribution in [0, 0.1) is 0 Å². The first-order valence-corrected chi connectivity index (χ1v) is 10.1. The van der Waals surface area contributed by atoms with Crippen molar-refractivity contribution in [3.05, 3.63) is 114 Å². The molecule has 1 aromatic heterocycles. The number of carboxylic acids is 1. The van der Waals surface area contributed by atoms with Crippen molar-refractivity contribution in [2.24, 2.45) is 0 Å². The van der Waals surface area contributed by atoms with Gasteiger partial charge in [-0.15, -0.1) is 0 Å². The molecule has 0 aliphatic carbocycles. The maximum Gasteiger partial charge on any atom is 0.352 e. The van der Waals surface area contributed by atoms with E-state index in [2.05, 4.69) is 15.4 Å². The van der Waals surface area contributed by atoms with E-state index in [-0.39, 0.29) is 5.70 Å². The Morgan fingerprint density at radius 3 is 2.33 bits per heavy atom. The van der Waals surface area contributed by atoms with Gasteiger partial charge in [-0.3, -0.25) is 4.79 Å². The molecule has 8 nitrogen and oxygen atoms in total. The predicted octanol–water partition coefficient (Wildman–Crippen LogP) is 3.70. The largest absolute Gasteiger partial charge is 0.489 e. The van der Waals surface area contributed by atoms with Crippen LogP contribution in [-0.2, 0) is 11.4 Å². The van der Waals surface area contributed by atoms with Crippen LogP contribution >= 0.6 is 0 Å². The molecule has 0 saturated carbocycles. The summed E-state index contributed by atoms with van der Waals surface area (Å²) in [6.45, 7) is 0.375. The first-order chi connectivity index (χ1) is 16.1. The average molecular weight is 440 g/mol. The summed E-state index contributed by atoms with van der Waals surface area (Å²) in [7, 11) is 0. The number of hydrogen-bond donors (Lipinski definition) is 2. The van der Waals surface area contributed by atoms with E-state index in [0.717, 1.165) is 11.3 Å². The Labute approximate surface area is 189 Å². The van der Waals surface area contributed by atoms with Crippen LogP contribution in [0.3, 0.4) is 0 Å². The van der Waals surface area contributed by atoms with Crippen LogP contribution in [0.5, 0.6) is 5.75 Å². The molecule has 1 heterocycles. The zero-order valence-electron chi connectivity index (χ0n) is 17.5. The van der Waals surface area contributed by atoms with Crippen molar-refractivity contribution in [1.29, 1.82) is 0 Å². The van der Waals surface area contributed by atoms with Gasteiger partial charge in [0.25, 0.3) is 5.91 Å². The molecular formula is C25H20N4O4. The summed E-state index contributed by atoms with van der Waals surface area (Å²) in [5, 5.41) is 16.0. The van der Waals surface area contributed by atoms with Gasteiger partial charge in [0.2, 0.25) is 0 Å². The van der Waals surface area contributed by atoms with Gasteiger partial charge in [-0.05, 0) is 53.6 Å². The van der Waals surface area contributed by atoms with Gasteiger partial charge in [-0.1, -0.05) is 42.5 Å². The third-order valence-electron chi connectivity index (χ3n) is 4.73. The molecule has 0 unspecified atom stereocenters. The summed E-state index contributed by atoms with van der Waals surface area (Å²) in [5.74, 6) is -1.08. The molecule has 2 N–H and O–H groups in total. The highest BCUT2D eigenvalue weighted by atomic mass is 16.5. The SMILES string of the molecule is O=C(O)/C(=C/c1ccc(OCc2ccc(-n3cncn3)cc2)cc1)NC(=O)c1ccccc1. The molecule has 0 atom stereocenters. The van der Waals surface area contributed by atoms with E-state index in [9.17, 15) is 14.7 Å². The van der Waals surface area contributed by atoms with Gasteiger partial charge in [0.15, 0.2) is 0 Å². The fraction of sp³-hybridized carbons (Fsp3) is 0.0400. The van der Waals surface area contributed by atoms with Crippen LogP contribution < -0.4 is 10.1 Å². The molecule has 0 bridgehead atoms. The van der Waals surface area contributed by atoms with Gasteiger partial charge >= 0.3 is 5.97 Å². The minimum Gasteiger partial charge on any atom is -0.489 e. The van der Waals surface area contributed by atoms with E-state index in [0.29, 0.717) is 23.5 Å². The Balaban J connectivity index is 1.37. The number of carboxylic acid groups (broad SMARTS) is 1. The molecule has 33 heavy (non-hydrogen) atoms. The first-order valence-electron chi connectivity index (χ1n) is 10.1. The quantitative estimate of drug-likeness (QED) is 0.405. The number of carbonyl (C=O) groups is 2. The third-order valence-corrected chi connectivity index (χ3v) is 4.73. The van der Waals surface area contributed by atoms with E-state index in [1.165, 1.54) is 12.4 Å². The molecule has 0 aliphatic heterocycles. The first kappa shape index (κ1) is 21.5. The Kier molecular flexibility index (Phi) is 6.56. The van der Waals surface area contributed by atoms with Crippen molar-refractivity contribution < 1.29 is 19.4 Å². The standard InChI is InChI=1S/C25H20N4O4/c30-24(20-4-2-1-3-5-20)28-23(25(31)32)14-18-8-12-22(13-9-18)33-15-19-6-10-21(11-7-19)29-17-26-16-27-29/h1-14,16-17H,15H2,(H,28,30)(H,31,32)/b23-14-. The van der Waals surface area contributed by atoms with Gasteiger partial charge < -0.3 is 15.2 Å². The highest BCUT2D eigenvalue weighted by molar-refractivity contribution is 6.02. The molecule has 164 valence electrons. The highest BCUT2D eigenvalue weighted by Crippen LogP contribution is 2.17. The van der Waals surface area contributed by atoms with Gasteiger partial charge in [0.05, 0.1) is 5.69 Å². The van der Waals surface area contributed by atoms with Crippen LogP contribution in [0.2, 0.25) is 0 Å². The molecule has 8 heteroatoms. The summed E-state index contributed by atoms with van der Waals surface area (Å²) in [6, 6.07) is 23.1. The Bertz CT molecular complexity index is 1250. The lowest BCUT2D eigenvalue weighted by molar-refractivity contribution is -0.132. The lowest BCUT2D eigenvalue weighted by atomic mass is 10.1. The summed E-state index contributed by atoms with van der Waals surface area (Å²) in [5.41, 5.74) is 2.67. The van der Waals surface area contributed by atoms with Gasteiger partial charge in [-0.2, -0.15) is 5.10 Å². The van der Waals surface area contributed by atoms with Crippen molar-refractivity contribution in [3.8, 4) is 11.4 Å². The number of carbonyl (C=O) groups excluding carboxylic acids is 1. The smallest absolute Gasteiger partial charge is 0.352 e. The van der Waals surface area contributed by atoms with Crippen LogP contribution in [0.4, 0.5) is 0 Å². The van der Waals surface area contributed by atoms with Gasteiger partial charge in [-0.25, -0.2) is 14.5 Å². The van der Waals surface area contributed by atoms with Gasteiger partial charge in [0.1, 0.15) is 30.7 Å². The van der Waals surface area contributed by atoms with Crippen molar-refractivity contribution in [3.63, 3.8) is 0 Å². The second-order valence-corrected chi connectivity index (χ2v) is 7.05. The number of rotatable bonds is 8. The normalized spacial score (nSPS) is 11.1. The fourth-order valence-electron chi connectivity index (χ4n) is 3.02. The molecule has 4 aromatic rings. The topological polar surface area (TPSA) is 106 Å². The molecule has 1 amide bonds. The summed E-state index contributed by atoms with van der Waals surface area (Å²) < 4.78 is 7.48. The molecule has 4 rings (SSSR count). The van der Waals surface area contributed by atoms with E-state index in [1.54, 1.807) is 65.6 Å². The number of nitrogens with one attached hydrogen (secondary N) is 1. The molecule has 0 radical (unpaired) electrons. The number of hydrogen-bond acceptors (Lipinski definition) is 5. The molecule has 3 aromatic carbocycles. The Hall–Kier alpha value is -4.72. The third kappa shape index (κ3) is 5.71. The van der Waals surface area contributed by atoms with Crippen molar-refractivity contribution >= 4 is 18.0 Å². The van der Waals surface area contributed by atoms with Crippen molar-refractivity contribution in [1.82, 2.24) is 20.1 Å². The molecule has 0 spiro atoms. The molecule has 0 fully saturated rings. The monoisotopic (exact) mass is 440 g/mol. The van der Waals surface area contributed by atoms with Crippen LogP contribution in [-0.4, -0.2) is 31.7 Å². The molecular weight excluding hydrogens is 420 g/mol. The maximum atomic E-state index is 12.3. The zero-order valence-corrected chi connectivity index (χ0v) is 17.5. The number of amides is 1. The van der Waals surface area contributed by atoms with E-state index >= 15 is 0 Å². The predicted molar refractivity (Wildman–Crippen MR) is 122 cm³/mol. The molecule has 0 aliphatic rings.